The molecule has 0 aromatic carbocycles. The molecule has 8 nitrogen and oxygen atoms in total. The van der Waals surface area contributed by atoms with E-state index in [-0.39, 0.29) is 16.9 Å². The second-order valence-electron chi connectivity index (χ2n) is 8.05. The maximum absolute atomic E-state index is 13.0. The van der Waals surface area contributed by atoms with Crippen molar-refractivity contribution >= 4 is 15.7 Å². The van der Waals surface area contributed by atoms with Crippen molar-refractivity contribution in [2.45, 2.75) is 56.4 Å². The van der Waals surface area contributed by atoms with Crippen LogP contribution in [0.4, 0.5) is 5.69 Å². The van der Waals surface area contributed by atoms with Crippen molar-refractivity contribution in [1.29, 1.82) is 0 Å². The van der Waals surface area contributed by atoms with E-state index in [1.54, 1.807) is 6.07 Å². The summed E-state index contributed by atoms with van der Waals surface area (Å²) in [4.78, 5) is 11.2. The van der Waals surface area contributed by atoms with E-state index in [2.05, 4.69) is 26.5 Å². The van der Waals surface area contributed by atoms with Crippen molar-refractivity contribution in [3.05, 3.63) is 35.7 Å². The van der Waals surface area contributed by atoms with Crippen LogP contribution in [-0.2, 0) is 22.9 Å². The molecule has 2 aliphatic rings. The molecular formula is C22H30N4O4S. The first-order valence-corrected chi connectivity index (χ1v) is 12.4. The van der Waals surface area contributed by atoms with Gasteiger partial charge in [-0.15, -0.1) is 0 Å². The van der Waals surface area contributed by atoms with E-state index >= 15 is 0 Å². The molecule has 1 aliphatic heterocycles. The molecule has 2 aromatic rings. The van der Waals surface area contributed by atoms with Crippen LogP contribution in [0.3, 0.4) is 0 Å². The summed E-state index contributed by atoms with van der Waals surface area (Å²) in [6.45, 7) is 4.99. The zero-order chi connectivity index (χ0) is 21.8. The monoisotopic (exact) mass is 446 g/mol. The highest BCUT2D eigenvalue weighted by Gasteiger charge is 2.23. The Balaban J connectivity index is 1.53. The van der Waals surface area contributed by atoms with Crippen LogP contribution in [-0.4, -0.2) is 56.1 Å². The predicted octanol–water partition coefficient (Wildman–Crippen LogP) is 3.03. The number of hydrogen-bond donors (Lipinski definition) is 1. The first kappa shape index (κ1) is 21.8. The Bertz CT molecular complexity index is 1000. The summed E-state index contributed by atoms with van der Waals surface area (Å²) in [5.74, 6) is 0.733. The minimum absolute atomic E-state index is 0.0698. The normalized spacial score (nSPS) is 17.7. The van der Waals surface area contributed by atoms with Crippen LogP contribution in [0.25, 0.3) is 0 Å². The third kappa shape index (κ3) is 5.10. The van der Waals surface area contributed by atoms with Crippen molar-refractivity contribution < 1.29 is 17.9 Å². The van der Waals surface area contributed by atoms with E-state index in [0.29, 0.717) is 11.6 Å². The highest BCUT2D eigenvalue weighted by atomic mass is 32.2. The molecule has 0 amide bonds. The number of sulfonamides is 1. The molecule has 0 bridgehead atoms. The number of anilines is 1. The fourth-order valence-corrected chi connectivity index (χ4v) is 5.17. The number of hydrogen-bond acceptors (Lipinski definition) is 7. The number of nitrogens with one attached hydrogen (secondary N) is 1. The van der Waals surface area contributed by atoms with Crippen LogP contribution in [0.2, 0.25) is 0 Å². The fourth-order valence-electron chi connectivity index (χ4n) is 4.18. The number of fused-ring (bicyclic) bond motifs is 1. The Labute approximate surface area is 184 Å². The van der Waals surface area contributed by atoms with Crippen LogP contribution < -0.4 is 14.2 Å². The number of aromatic nitrogens is 2. The molecule has 0 radical (unpaired) electrons. The molecule has 3 heterocycles. The van der Waals surface area contributed by atoms with E-state index in [4.69, 9.17) is 9.47 Å². The average Bonchev–Trinajstić information content (AvgIpc) is 3.19. The third-order valence-corrected chi connectivity index (χ3v) is 7.36. The molecule has 1 N–H and O–H groups in total. The van der Waals surface area contributed by atoms with Crippen molar-refractivity contribution in [2.24, 2.45) is 0 Å². The smallest absolute Gasteiger partial charge is 0.263 e. The van der Waals surface area contributed by atoms with Crippen molar-refractivity contribution in [3.63, 3.8) is 0 Å². The Morgan fingerprint density at radius 2 is 1.97 bits per heavy atom. The quantitative estimate of drug-likeness (QED) is 0.699. The molecule has 0 unspecified atom stereocenters. The van der Waals surface area contributed by atoms with Crippen molar-refractivity contribution in [3.8, 4) is 11.8 Å². The van der Waals surface area contributed by atoms with Crippen LogP contribution >= 0.6 is 0 Å². The molecule has 4 rings (SSSR count). The Hall–Kier alpha value is -2.39. The number of likely N-dealkylation sites (N-methyl/N-ethyl adjacent to an activating group) is 1. The number of pyridine rings is 2. The summed E-state index contributed by atoms with van der Waals surface area (Å²) in [5.41, 5.74) is 2.36. The summed E-state index contributed by atoms with van der Waals surface area (Å²) < 4.78 is 39.8. The van der Waals surface area contributed by atoms with E-state index in [9.17, 15) is 8.42 Å². The number of methoxy groups -OCH3 is 1. The van der Waals surface area contributed by atoms with Crippen molar-refractivity contribution in [2.75, 3.05) is 31.5 Å². The molecule has 0 saturated heterocycles. The van der Waals surface area contributed by atoms with Gasteiger partial charge in [-0.05, 0) is 56.3 Å². The van der Waals surface area contributed by atoms with E-state index in [1.165, 1.54) is 19.4 Å². The highest BCUT2D eigenvalue weighted by molar-refractivity contribution is 7.92. The lowest BCUT2D eigenvalue weighted by Crippen LogP contribution is -2.25. The second kappa shape index (κ2) is 9.40. The summed E-state index contributed by atoms with van der Waals surface area (Å²) in [6.07, 6.45) is 7.50. The molecule has 0 spiro atoms. The van der Waals surface area contributed by atoms with Gasteiger partial charge in [0.2, 0.25) is 11.8 Å². The summed E-state index contributed by atoms with van der Waals surface area (Å²) in [7, 11) is -2.34. The lowest BCUT2D eigenvalue weighted by molar-refractivity contribution is 0.201. The number of ether oxygens (including phenoxy) is 2. The topological polar surface area (TPSA) is 93.7 Å². The van der Waals surface area contributed by atoms with Crippen LogP contribution in [0.15, 0.2) is 29.3 Å². The maximum atomic E-state index is 13.0. The van der Waals surface area contributed by atoms with Gasteiger partial charge < -0.3 is 14.4 Å². The fraction of sp³-hybridized carbons (Fsp3) is 0.545. The standard InChI is InChI=1S/C22H30N4O4S/c1-3-26-12-10-16-14-20(22(29-2)24-19(16)11-13-26)25-31(27,28)18-8-9-21(23-15-18)30-17-6-4-5-7-17/h8-9,14-15,17,25H,3-7,10-13H2,1-2H3. The van der Waals surface area contributed by atoms with E-state index in [0.717, 1.165) is 69.4 Å². The third-order valence-electron chi connectivity index (χ3n) is 6.01. The molecule has 1 aliphatic carbocycles. The van der Waals surface area contributed by atoms with Gasteiger partial charge in [0.25, 0.3) is 10.0 Å². The molecule has 1 fully saturated rings. The number of nitrogens with zero attached hydrogens (tertiary/aromatic N) is 3. The van der Waals surface area contributed by atoms with E-state index < -0.39 is 10.0 Å². The largest absolute Gasteiger partial charge is 0.479 e. The molecule has 1 saturated carbocycles. The predicted molar refractivity (Wildman–Crippen MR) is 118 cm³/mol. The minimum Gasteiger partial charge on any atom is -0.479 e. The molecule has 2 aromatic heterocycles. The minimum atomic E-state index is -3.84. The second-order valence-corrected chi connectivity index (χ2v) is 9.73. The zero-order valence-corrected chi connectivity index (χ0v) is 19.0. The summed E-state index contributed by atoms with van der Waals surface area (Å²) in [6, 6.07) is 4.98. The SMILES string of the molecule is CCN1CCc2cc(NS(=O)(=O)c3ccc(OC4CCCC4)nc3)c(OC)nc2CC1. The van der Waals surface area contributed by atoms with Gasteiger partial charge in [0.05, 0.1) is 13.3 Å². The van der Waals surface area contributed by atoms with Crippen molar-refractivity contribution in [1.82, 2.24) is 14.9 Å². The van der Waals surface area contributed by atoms with Crippen LogP contribution in [0, 0.1) is 0 Å². The average molecular weight is 447 g/mol. The Kier molecular flexibility index (Phi) is 6.62. The maximum Gasteiger partial charge on any atom is 0.263 e. The zero-order valence-electron chi connectivity index (χ0n) is 18.1. The van der Waals surface area contributed by atoms with Gasteiger partial charge in [0.15, 0.2) is 0 Å². The summed E-state index contributed by atoms with van der Waals surface area (Å²) in [5, 5.41) is 0. The molecule has 168 valence electrons. The van der Waals surface area contributed by atoms with E-state index in [1.807, 2.05) is 6.07 Å². The molecule has 9 heteroatoms. The van der Waals surface area contributed by atoms with Gasteiger partial charge in [-0.2, -0.15) is 0 Å². The lowest BCUT2D eigenvalue weighted by atomic mass is 10.1. The number of rotatable bonds is 7. The first-order valence-electron chi connectivity index (χ1n) is 10.9. The molecule has 31 heavy (non-hydrogen) atoms. The van der Waals surface area contributed by atoms with Gasteiger partial charge in [0.1, 0.15) is 16.7 Å². The van der Waals surface area contributed by atoms with Gasteiger partial charge in [-0.1, -0.05) is 6.92 Å². The Morgan fingerprint density at radius 3 is 2.65 bits per heavy atom. The van der Waals surface area contributed by atoms with Gasteiger partial charge >= 0.3 is 0 Å². The van der Waals surface area contributed by atoms with Gasteiger partial charge in [0, 0.05) is 31.3 Å². The first-order chi connectivity index (χ1) is 15.0. The Morgan fingerprint density at radius 1 is 1.19 bits per heavy atom. The van der Waals surface area contributed by atoms with Crippen LogP contribution in [0.5, 0.6) is 11.8 Å². The lowest BCUT2D eigenvalue weighted by Gasteiger charge is -2.16. The van der Waals surface area contributed by atoms with Crippen LogP contribution in [0.1, 0.15) is 43.9 Å². The summed E-state index contributed by atoms with van der Waals surface area (Å²) >= 11 is 0. The molecule has 0 atom stereocenters. The highest BCUT2D eigenvalue weighted by Crippen LogP contribution is 2.30. The van der Waals surface area contributed by atoms with Gasteiger partial charge in [-0.25, -0.2) is 18.4 Å². The van der Waals surface area contributed by atoms with Gasteiger partial charge in [-0.3, -0.25) is 4.72 Å². The molecular weight excluding hydrogens is 416 g/mol.